The Labute approximate surface area is 272 Å². The van der Waals surface area contributed by atoms with Gasteiger partial charge in [0.15, 0.2) is 0 Å². The van der Waals surface area contributed by atoms with Gasteiger partial charge in [0.2, 0.25) is 0 Å². The van der Waals surface area contributed by atoms with E-state index >= 15 is 0 Å². The second-order valence-electron chi connectivity index (χ2n) is 10.9. The fraction of sp³-hybridized carbons (Fsp3) is 0. The van der Waals surface area contributed by atoms with E-state index in [1.54, 1.807) is 0 Å². The first-order valence-electron chi connectivity index (χ1n) is 18.8. The summed E-state index contributed by atoms with van der Waals surface area (Å²) in [5, 5.41) is 2.33. The first-order chi connectivity index (χ1) is 25.7. The summed E-state index contributed by atoms with van der Waals surface area (Å²) in [5.74, 6) is 0.643. The SMILES string of the molecule is [2H]c1c([2H])c([2H])c2c(-c3cccc4ccccc34)c3c([2H])c([2H])c([2H])c([2H])c3c(-c3ccccc3-n3c(-c4ccccc4)nc4ccccc43)c2c1[2H]. The van der Waals surface area contributed by atoms with E-state index < -0.39 is 24.2 Å². The fourth-order valence-corrected chi connectivity index (χ4v) is 6.54. The lowest BCUT2D eigenvalue weighted by molar-refractivity contribution is 1.10. The average molecular weight is 581 g/mol. The van der Waals surface area contributed by atoms with E-state index in [1.165, 1.54) is 0 Å². The average Bonchev–Trinajstić information content (AvgIpc) is 3.59. The zero-order chi connectivity index (χ0) is 36.7. The second kappa shape index (κ2) is 10.3. The number of benzene rings is 8. The Bertz CT molecular complexity index is 2900. The van der Waals surface area contributed by atoms with Gasteiger partial charge in [-0.3, -0.25) is 4.57 Å². The highest BCUT2D eigenvalue weighted by Crippen LogP contribution is 2.47. The quantitative estimate of drug-likeness (QED) is 0.189. The van der Waals surface area contributed by atoms with Gasteiger partial charge < -0.3 is 0 Å². The standard InChI is InChI=1S/C43H28N2/c1-2-16-30(17-3-1)43-44-38-26-11-13-28-40(38)45(43)39-27-12-10-24-37(39)42-35-22-8-6-20-33(35)41(34-21-7-9-23-36(34)42)32-25-14-18-29-15-4-5-19-31(29)32/h1-28H/i6D,7D,8D,9D,20D,21D,22D,23D. The van der Waals surface area contributed by atoms with Crippen molar-refractivity contribution in [3.05, 3.63) is 170 Å². The molecule has 0 saturated carbocycles. The van der Waals surface area contributed by atoms with E-state index in [0.29, 0.717) is 28.2 Å². The smallest absolute Gasteiger partial charge is 0.145 e. The Morgan fingerprint density at radius 2 is 1.02 bits per heavy atom. The molecule has 0 N–H and O–H groups in total. The van der Waals surface area contributed by atoms with Crippen LogP contribution in [0.2, 0.25) is 0 Å². The van der Waals surface area contributed by atoms with Gasteiger partial charge in [-0.15, -0.1) is 0 Å². The highest BCUT2D eigenvalue weighted by Gasteiger charge is 2.22. The molecular weight excluding hydrogens is 544 g/mol. The van der Waals surface area contributed by atoms with E-state index in [0.717, 1.165) is 27.4 Å². The van der Waals surface area contributed by atoms with Crippen molar-refractivity contribution in [2.45, 2.75) is 0 Å². The Morgan fingerprint density at radius 1 is 0.467 bits per heavy atom. The Balaban J connectivity index is 1.56. The van der Waals surface area contributed by atoms with Crippen molar-refractivity contribution in [1.82, 2.24) is 9.55 Å². The van der Waals surface area contributed by atoms with Gasteiger partial charge in [-0.2, -0.15) is 0 Å². The highest BCUT2D eigenvalue weighted by molar-refractivity contribution is 6.24. The van der Waals surface area contributed by atoms with Crippen molar-refractivity contribution in [3.63, 3.8) is 0 Å². The molecule has 9 aromatic rings. The Hall–Kier alpha value is -5.99. The maximum atomic E-state index is 9.48. The van der Waals surface area contributed by atoms with Crippen molar-refractivity contribution in [1.29, 1.82) is 0 Å². The predicted molar refractivity (Wildman–Crippen MR) is 190 cm³/mol. The molecule has 0 bridgehead atoms. The lowest BCUT2D eigenvalue weighted by Gasteiger charge is -2.21. The number of hydrogen-bond acceptors (Lipinski definition) is 1. The van der Waals surface area contributed by atoms with Crippen LogP contribution in [0, 0.1) is 0 Å². The molecule has 1 heterocycles. The number of nitrogens with zero attached hydrogens (tertiary/aromatic N) is 2. The van der Waals surface area contributed by atoms with Crippen molar-refractivity contribution in [2.24, 2.45) is 0 Å². The van der Waals surface area contributed by atoms with Crippen molar-refractivity contribution in [3.8, 4) is 39.3 Å². The first kappa shape index (κ1) is 18.6. The third-order valence-corrected chi connectivity index (χ3v) is 8.44. The number of rotatable bonds is 4. The number of imidazole rings is 1. The summed E-state index contributed by atoms with van der Waals surface area (Å²) in [6.07, 6.45) is 0. The number of hydrogen-bond donors (Lipinski definition) is 0. The summed E-state index contributed by atoms with van der Waals surface area (Å²) < 4.78 is 75.3. The Morgan fingerprint density at radius 3 is 1.78 bits per heavy atom. The van der Waals surface area contributed by atoms with Crippen molar-refractivity contribution >= 4 is 43.4 Å². The molecule has 0 saturated heterocycles. The molecule has 0 atom stereocenters. The van der Waals surface area contributed by atoms with E-state index in [9.17, 15) is 5.48 Å². The minimum atomic E-state index is -0.441. The summed E-state index contributed by atoms with van der Waals surface area (Å²) in [7, 11) is 0. The normalized spacial score (nSPS) is 14.0. The van der Waals surface area contributed by atoms with E-state index in [1.807, 2.05) is 126 Å². The lowest BCUT2D eigenvalue weighted by atomic mass is 9.84. The predicted octanol–water partition coefficient (Wildman–Crippen LogP) is 11.5. The minimum Gasteiger partial charge on any atom is -0.292 e. The molecule has 0 aliphatic carbocycles. The van der Waals surface area contributed by atoms with Crippen LogP contribution in [0.5, 0.6) is 0 Å². The molecule has 1 aromatic heterocycles. The van der Waals surface area contributed by atoms with Gasteiger partial charge in [-0.25, -0.2) is 4.98 Å². The fourth-order valence-electron chi connectivity index (χ4n) is 6.54. The van der Waals surface area contributed by atoms with Crippen LogP contribution >= 0.6 is 0 Å². The van der Waals surface area contributed by atoms with Gasteiger partial charge in [-0.05, 0) is 67.2 Å². The molecule has 210 valence electrons. The molecular formula is C43H28N2. The van der Waals surface area contributed by atoms with Crippen LogP contribution in [-0.2, 0) is 0 Å². The molecule has 0 unspecified atom stereocenters. The molecule has 45 heavy (non-hydrogen) atoms. The molecule has 2 nitrogen and oxygen atoms in total. The maximum Gasteiger partial charge on any atom is 0.145 e. The van der Waals surface area contributed by atoms with Gasteiger partial charge in [0.1, 0.15) is 5.82 Å². The topological polar surface area (TPSA) is 17.8 Å². The van der Waals surface area contributed by atoms with Crippen LogP contribution in [0.4, 0.5) is 0 Å². The van der Waals surface area contributed by atoms with Crippen LogP contribution in [0.25, 0.3) is 82.7 Å². The summed E-state index contributed by atoms with van der Waals surface area (Å²) in [6.45, 7) is 0. The lowest BCUT2D eigenvalue weighted by Crippen LogP contribution is -2.01. The molecule has 8 aromatic carbocycles. The van der Waals surface area contributed by atoms with Crippen molar-refractivity contribution < 1.29 is 11.0 Å². The van der Waals surface area contributed by atoms with Gasteiger partial charge in [0.05, 0.1) is 27.7 Å². The largest absolute Gasteiger partial charge is 0.292 e. The van der Waals surface area contributed by atoms with E-state index in [2.05, 4.69) is 0 Å². The van der Waals surface area contributed by atoms with Crippen LogP contribution < -0.4 is 0 Å². The number of para-hydroxylation sites is 3. The molecule has 2 heteroatoms. The minimum absolute atomic E-state index is 0.162. The zero-order valence-electron chi connectivity index (χ0n) is 31.9. The van der Waals surface area contributed by atoms with E-state index in [4.69, 9.17) is 10.5 Å². The third-order valence-electron chi connectivity index (χ3n) is 8.44. The van der Waals surface area contributed by atoms with Gasteiger partial charge in [-0.1, -0.05) is 151 Å². The van der Waals surface area contributed by atoms with Crippen molar-refractivity contribution in [2.75, 3.05) is 0 Å². The van der Waals surface area contributed by atoms with E-state index in [-0.39, 0.29) is 51.3 Å². The van der Waals surface area contributed by atoms with Crippen LogP contribution in [-0.4, -0.2) is 9.55 Å². The molecule has 0 amide bonds. The first-order valence-corrected chi connectivity index (χ1v) is 14.8. The molecule has 0 fully saturated rings. The molecule has 0 spiro atoms. The van der Waals surface area contributed by atoms with Crippen LogP contribution in [0.3, 0.4) is 0 Å². The Kier molecular flexibility index (Phi) is 4.27. The summed E-state index contributed by atoms with van der Waals surface area (Å²) in [4.78, 5) is 5.04. The molecule has 0 aliphatic rings. The number of aromatic nitrogens is 2. The second-order valence-corrected chi connectivity index (χ2v) is 10.9. The van der Waals surface area contributed by atoms with Gasteiger partial charge in [0, 0.05) is 11.1 Å². The molecule has 9 rings (SSSR count). The van der Waals surface area contributed by atoms with Gasteiger partial charge >= 0.3 is 0 Å². The summed E-state index contributed by atoms with van der Waals surface area (Å²) >= 11 is 0. The number of fused-ring (bicyclic) bond motifs is 4. The van der Waals surface area contributed by atoms with Crippen LogP contribution in [0.1, 0.15) is 11.0 Å². The summed E-state index contributed by atoms with van der Waals surface area (Å²) in [5.41, 5.74) is 4.73. The molecule has 0 radical (unpaired) electrons. The third kappa shape index (κ3) is 4.00. The monoisotopic (exact) mass is 580 g/mol. The maximum absolute atomic E-state index is 9.48. The zero-order valence-corrected chi connectivity index (χ0v) is 23.9. The van der Waals surface area contributed by atoms with Gasteiger partial charge in [0.25, 0.3) is 0 Å². The van der Waals surface area contributed by atoms with Crippen LogP contribution in [0.15, 0.2) is 170 Å². The highest BCUT2D eigenvalue weighted by atomic mass is 15.1. The molecule has 0 aliphatic heterocycles. The summed E-state index contributed by atoms with van der Waals surface area (Å²) in [6, 6.07) is 35.3.